The zero-order valence-corrected chi connectivity index (χ0v) is 22.3. The predicted octanol–water partition coefficient (Wildman–Crippen LogP) is 6.80. The molecule has 0 aromatic rings. The van der Waals surface area contributed by atoms with Crippen molar-refractivity contribution in [2.24, 2.45) is 11.8 Å². The van der Waals surface area contributed by atoms with Crippen LogP contribution in [0.3, 0.4) is 0 Å². The van der Waals surface area contributed by atoms with Crippen LogP contribution in [0.5, 0.6) is 0 Å². The Hall–Kier alpha value is 0.640. The number of halogens is 2. The fraction of sp³-hybridized carbons (Fsp3) is 0.600. The van der Waals surface area contributed by atoms with E-state index in [2.05, 4.69) is 80.6 Å². The molecule has 0 aliphatic heterocycles. The van der Waals surface area contributed by atoms with Gasteiger partial charge in [0.2, 0.25) is 0 Å². The predicted molar refractivity (Wildman–Crippen MR) is 113 cm³/mol. The quantitative estimate of drug-likeness (QED) is 0.272. The Balaban J connectivity index is -0.000000130. The zero-order chi connectivity index (χ0) is 16.7. The van der Waals surface area contributed by atoms with Crippen molar-refractivity contribution in [2.75, 3.05) is 0 Å². The molecule has 2 rings (SSSR count). The minimum atomic E-state index is 0. The maximum Gasteiger partial charge on any atom is 2.00 e. The Morgan fingerprint density at radius 1 is 0.667 bits per heavy atom. The van der Waals surface area contributed by atoms with E-state index in [1.165, 1.54) is 33.4 Å². The monoisotopic (exact) mass is 463 g/mol. The van der Waals surface area contributed by atoms with Crippen molar-refractivity contribution in [3.8, 4) is 0 Å². The van der Waals surface area contributed by atoms with Crippen LogP contribution in [-0.2, 0) is 26.2 Å². The molecule has 2 atom stereocenters. The van der Waals surface area contributed by atoms with Gasteiger partial charge in [-0.15, -0.1) is 38.7 Å². The van der Waals surface area contributed by atoms with Crippen molar-refractivity contribution in [2.45, 2.75) is 68.5 Å². The molecular formula is C20H35Cl2SiZr. The molecule has 1 radical (unpaired) electrons. The summed E-state index contributed by atoms with van der Waals surface area (Å²) in [6.45, 7) is 21.8. The Labute approximate surface area is 185 Å². The Morgan fingerprint density at radius 3 is 0.917 bits per heavy atom. The van der Waals surface area contributed by atoms with Gasteiger partial charge in [0.1, 0.15) is 0 Å². The maximum atomic E-state index is 3.36. The minimum Gasteiger partial charge on any atom is -0.266 e. The SMILES string of the molecule is CC1=[C-]C(C)C(C)=C1C.CC1=[C-]C(C)C(C)=C1C.C[SiH]C.Cl.Cl.[Zr+2]. The third-order valence-electron chi connectivity index (χ3n) is 4.47. The summed E-state index contributed by atoms with van der Waals surface area (Å²) < 4.78 is 0. The average molecular weight is 466 g/mol. The summed E-state index contributed by atoms with van der Waals surface area (Å²) >= 11 is 0. The van der Waals surface area contributed by atoms with Crippen molar-refractivity contribution >= 4 is 34.3 Å². The molecule has 2 unspecified atom stereocenters. The summed E-state index contributed by atoms with van der Waals surface area (Å²) in [7, 11) is 0.750. The second-order valence-corrected chi connectivity index (χ2v) is 7.33. The first kappa shape index (κ1) is 32.3. The Bertz CT molecular complexity index is 444. The Morgan fingerprint density at radius 2 is 0.875 bits per heavy atom. The van der Waals surface area contributed by atoms with E-state index in [0.717, 1.165) is 9.52 Å². The molecule has 137 valence electrons. The van der Waals surface area contributed by atoms with E-state index in [-0.39, 0.29) is 51.0 Å². The standard InChI is InChI=1S/2C9H13.C2H7Si.2ClH.Zr/c2*1-6-5-7(2)9(4)8(6)3;1-3-2;;;/h2*6H,1-4H3;3H,1-2H3;2*1H;/q2*-1;;;;+2. The third kappa shape index (κ3) is 9.95. The van der Waals surface area contributed by atoms with E-state index in [1.54, 1.807) is 0 Å². The molecule has 0 amide bonds. The summed E-state index contributed by atoms with van der Waals surface area (Å²) in [5.74, 6) is 1.12. The van der Waals surface area contributed by atoms with Gasteiger partial charge < -0.3 is 0 Å². The van der Waals surface area contributed by atoms with Gasteiger partial charge in [-0.2, -0.15) is 22.3 Å². The van der Waals surface area contributed by atoms with Crippen LogP contribution >= 0.6 is 24.8 Å². The summed E-state index contributed by atoms with van der Waals surface area (Å²) in [5.41, 5.74) is 8.49. The first-order valence-electron chi connectivity index (χ1n) is 7.96. The van der Waals surface area contributed by atoms with Gasteiger partial charge in [-0.25, -0.2) is 11.1 Å². The van der Waals surface area contributed by atoms with E-state index in [4.69, 9.17) is 0 Å². The second kappa shape index (κ2) is 15.9. The van der Waals surface area contributed by atoms with Crippen LogP contribution < -0.4 is 0 Å². The van der Waals surface area contributed by atoms with Crippen LogP contribution in [0.25, 0.3) is 0 Å². The topological polar surface area (TPSA) is 0 Å². The maximum absolute atomic E-state index is 3.36. The average Bonchev–Trinajstić information content (AvgIpc) is 2.77. The number of rotatable bonds is 0. The summed E-state index contributed by atoms with van der Waals surface area (Å²) in [4.78, 5) is 0. The van der Waals surface area contributed by atoms with Gasteiger partial charge in [-0.3, -0.25) is 12.2 Å². The van der Waals surface area contributed by atoms with Gasteiger partial charge in [0.05, 0.1) is 0 Å². The Kier molecular flexibility index (Phi) is 21.4. The molecule has 2 aliphatic carbocycles. The van der Waals surface area contributed by atoms with Gasteiger partial charge in [-0.1, -0.05) is 66.5 Å². The fourth-order valence-corrected chi connectivity index (χ4v) is 2.32. The normalized spacial score (nSPS) is 21.1. The van der Waals surface area contributed by atoms with Gasteiger partial charge >= 0.3 is 26.2 Å². The molecule has 0 nitrogen and oxygen atoms in total. The largest absolute Gasteiger partial charge is 2.00 e. The molecular weight excluding hydrogens is 430 g/mol. The first-order valence-corrected chi connectivity index (χ1v) is 10.3. The second-order valence-electron chi connectivity index (χ2n) is 6.18. The van der Waals surface area contributed by atoms with Gasteiger partial charge in [0, 0.05) is 9.52 Å². The third-order valence-corrected chi connectivity index (χ3v) is 4.47. The molecule has 0 fully saturated rings. The molecule has 0 N–H and O–H groups in total. The number of hydrogen-bond donors (Lipinski definition) is 0. The van der Waals surface area contributed by atoms with Crippen molar-refractivity contribution < 1.29 is 26.2 Å². The fourth-order valence-electron chi connectivity index (χ4n) is 2.32. The van der Waals surface area contributed by atoms with Crippen LogP contribution in [0.4, 0.5) is 0 Å². The minimum absolute atomic E-state index is 0. The molecule has 0 saturated heterocycles. The molecule has 4 heteroatoms. The van der Waals surface area contributed by atoms with E-state index >= 15 is 0 Å². The van der Waals surface area contributed by atoms with Gasteiger partial charge in [-0.05, 0) is 0 Å². The van der Waals surface area contributed by atoms with Crippen molar-refractivity contribution in [3.63, 3.8) is 0 Å². The summed E-state index contributed by atoms with van der Waals surface area (Å²) in [6.07, 6.45) is 6.72. The number of allylic oxidation sites excluding steroid dienone is 8. The van der Waals surface area contributed by atoms with Crippen LogP contribution in [0.15, 0.2) is 33.4 Å². The molecule has 0 bridgehead atoms. The van der Waals surface area contributed by atoms with Crippen molar-refractivity contribution in [1.29, 1.82) is 0 Å². The molecule has 0 saturated carbocycles. The molecule has 0 heterocycles. The smallest absolute Gasteiger partial charge is 0.266 e. The van der Waals surface area contributed by atoms with Crippen molar-refractivity contribution in [3.05, 3.63) is 45.6 Å². The van der Waals surface area contributed by atoms with Crippen LogP contribution in [-0.4, -0.2) is 9.52 Å². The molecule has 0 aromatic carbocycles. The zero-order valence-electron chi connectivity index (χ0n) is 17.0. The van der Waals surface area contributed by atoms with Crippen LogP contribution in [0.2, 0.25) is 13.1 Å². The van der Waals surface area contributed by atoms with E-state index in [9.17, 15) is 0 Å². The van der Waals surface area contributed by atoms with Gasteiger partial charge in [0.15, 0.2) is 0 Å². The molecule has 0 spiro atoms. The summed E-state index contributed by atoms with van der Waals surface area (Å²) in [6, 6.07) is 0. The summed E-state index contributed by atoms with van der Waals surface area (Å²) in [5, 5.41) is 0. The molecule has 0 aromatic heterocycles. The van der Waals surface area contributed by atoms with Gasteiger partial charge in [0.25, 0.3) is 0 Å². The molecule has 24 heavy (non-hydrogen) atoms. The molecule has 2 aliphatic rings. The van der Waals surface area contributed by atoms with E-state index in [0.29, 0.717) is 11.8 Å². The van der Waals surface area contributed by atoms with Crippen LogP contribution in [0.1, 0.15) is 55.4 Å². The van der Waals surface area contributed by atoms with Crippen LogP contribution in [0, 0.1) is 24.0 Å². The first-order chi connectivity index (χ1) is 9.67. The van der Waals surface area contributed by atoms with Crippen molar-refractivity contribution in [1.82, 2.24) is 0 Å². The van der Waals surface area contributed by atoms with E-state index < -0.39 is 0 Å². The van der Waals surface area contributed by atoms with E-state index in [1.807, 2.05) is 0 Å². The number of hydrogen-bond acceptors (Lipinski definition) is 0.